The first-order valence-electron chi connectivity index (χ1n) is 6.79. The minimum Gasteiger partial charge on any atom is -0.399 e. The van der Waals surface area contributed by atoms with E-state index in [0.717, 1.165) is 30.2 Å². The lowest BCUT2D eigenvalue weighted by Crippen LogP contribution is -2.27. The number of fused-ring (bicyclic) bond motifs is 1. The van der Waals surface area contributed by atoms with E-state index in [1.165, 1.54) is 12.1 Å². The second-order valence-electron chi connectivity index (χ2n) is 5.16. The SMILES string of the molecule is Nc1ccc(N2CCCc3ccccc32)c(C(F)(F)F)c1. The molecular formula is C16H15F3N2. The fourth-order valence-corrected chi connectivity index (χ4v) is 2.80. The lowest BCUT2D eigenvalue weighted by molar-refractivity contribution is -0.137. The Balaban J connectivity index is 2.14. The molecule has 3 rings (SSSR count). The minimum absolute atomic E-state index is 0.122. The number of para-hydroxylation sites is 1. The first-order valence-corrected chi connectivity index (χ1v) is 6.79. The van der Waals surface area contributed by atoms with Gasteiger partial charge in [0.2, 0.25) is 0 Å². The van der Waals surface area contributed by atoms with Crippen LogP contribution in [0.2, 0.25) is 0 Å². The largest absolute Gasteiger partial charge is 0.418 e. The zero-order valence-corrected chi connectivity index (χ0v) is 11.3. The van der Waals surface area contributed by atoms with Gasteiger partial charge in [-0.25, -0.2) is 0 Å². The van der Waals surface area contributed by atoms with Crippen LogP contribution >= 0.6 is 0 Å². The third-order valence-corrected chi connectivity index (χ3v) is 3.73. The molecule has 0 aromatic heterocycles. The summed E-state index contributed by atoms with van der Waals surface area (Å²) in [6.07, 6.45) is -2.70. The number of aryl methyl sites for hydroxylation is 1. The predicted octanol–water partition coefficient (Wildman–Crippen LogP) is 4.37. The van der Waals surface area contributed by atoms with E-state index in [4.69, 9.17) is 5.73 Å². The summed E-state index contributed by atoms with van der Waals surface area (Å²) >= 11 is 0. The maximum Gasteiger partial charge on any atom is 0.418 e. The maximum atomic E-state index is 13.3. The van der Waals surface area contributed by atoms with E-state index in [-0.39, 0.29) is 11.4 Å². The Morgan fingerprint density at radius 3 is 2.52 bits per heavy atom. The first-order chi connectivity index (χ1) is 9.97. The smallest absolute Gasteiger partial charge is 0.399 e. The highest BCUT2D eigenvalue weighted by molar-refractivity contribution is 5.72. The van der Waals surface area contributed by atoms with Crippen molar-refractivity contribution in [3.63, 3.8) is 0 Å². The number of nitrogens with two attached hydrogens (primary N) is 1. The zero-order valence-electron chi connectivity index (χ0n) is 11.3. The quantitative estimate of drug-likeness (QED) is 0.791. The number of hydrogen-bond acceptors (Lipinski definition) is 2. The molecule has 5 heteroatoms. The molecule has 1 aliphatic rings. The normalized spacial score (nSPS) is 14.9. The van der Waals surface area contributed by atoms with Crippen molar-refractivity contribution in [2.45, 2.75) is 19.0 Å². The van der Waals surface area contributed by atoms with Gasteiger partial charge < -0.3 is 10.6 Å². The van der Waals surface area contributed by atoms with Crippen molar-refractivity contribution in [1.29, 1.82) is 0 Å². The van der Waals surface area contributed by atoms with Crippen LogP contribution in [0.5, 0.6) is 0 Å². The van der Waals surface area contributed by atoms with Crippen LogP contribution in [0.15, 0.2) is 42.5 Å². The lowest BCUT2D eigenvalue weighted by Gasteiger charge is -2.33. The molecule has 2 aromatic rings. The molecular weight excluding hydrogens is 277 g/mol. The topological polar surface area (TPSA) is 29.3 Å². The van der Waals surface area contributed by atoms with Gasteiger partial charge in [-0.1, -0.05) is 18.2 Å². The highest BCUT2D eigenvalue weighted by atomic mass is 19.4. The van der Waals surface area contributed by atoms with E-state index in [2.05, 4.69) is 0 Å². The van der Waals surface area contributed by atoms with Crippen molar-refractivity contribution in [3.8, 4) is 0 Å². The number of anilines is 3. The average molecular weight is 292 g/mol. The van der Waals surface area contributed by atoms with Gasteiger partial charge >= 0.3 is 6.18 Å². The summed E-state index contributed by atoms with van der Waals surface area (Å²) in [5.74, 6) is 0. The van der Waals surface area contributed by atoms with E-state index in [1.54, 1.807) is 4.90 Å². The monoisotopic (exact) mass is 292 g/mol. The Kier molecular flexibility index (Phi) is 3.27. The number of nitrogens with zero attached hydrogens (tertiary/aromatic N) is 1. The molecule has 0 saturated carbocycles. The summed E-state index contributed by atoms with van der Waals surface area (Å²) < 4.78 is 39.8. The molecule has 2 N–H and O–H groups in total. The third-order valence-electron chi connectivity index (χ3n) is 3.73. The first kappa shape index (κ1) is 13.8. The summed E-state index contributed by atoms with van der Waals surface area (Å²) in [5.41, 5.74) is 7.06. The summed E-state index contributed by atoms with van der Waals surface area (Å²) in [6, 6.07) is 11.6. The molecule has 1 heterocycles. The summed E-state index contributed by atoms with van der Waals surface area (Å²) in [6.45, 7) is 0.573. The number of benzene rings is 2. The molecule has 0 atom stereocenters. The molecule has 0 bridgehead atoms. The van der Waals surface area contributed by atoms with E-state index >= 15 is 0 Å². The summed E-state index contributed by atoms with van der Waals surface area (Å²) in [7, 11) is 0. The molecule has 2 nitrogen and oxygen atoms in total. The van der Waals surface area contributed by atoms with Gasteiger partial charge in [0, 0.05) is 17.9 Å². The molecule has 1 aliphatic heterocycles. The molecule has 21 heavy (non-hydrogen) atoms. The van der Waals surface area contributed by atoms with Crippen molar-refractivity contribution in [2.75, 3.05) is 17.2 Å². The Labute approximate surface area is 121 Å². The van der Waals surface area contributed by atoms with Gasteiger partial charge in [-0.2, -0.15) is 13.2 Å². The van der Waals surface area contributed by atoms with Crippen LogP contribution in [0.1, 0.15) is 17.5 Å². The molecule has 0 spiro atoms. The van der Waals surface area contributed by atoms with Gasteiger partial charge in [0.05, 0.1) is 11.3 Å². The predicted molar refractivity (Wildman–Crippen MR) is 77.6 cm³/mol. The van der Waals surface area contributed by atoms with E-state index < -0.39 is 11.7 Å². The number of nitrogen functional groups attached to an aromatic ring is 1. The second-order valence-corrected chi connectivity index (χ2v) is 5.16. The number of rotatable bonds is 1. The molecule has 0 aliphatic carbocycles. The van der Waals surface area contributed by atoms with Crippen LogP contribution in [0.4, 0.5) is 30.2 Å². The third kappa shape index (κ3) is 2.55. The van der Waals surface area contributed by atoms with Gasteiger partial charge in [0.25, 0.3) is 0 Å². The van der Waals surface area contributed by atoms with Crippen LogP contribution in [0.25, 0.3) is 0 Å². The summed E-state index contributed by atoms with van der Waals surface area (Å²) in [4.78, 5) is 1.74. The molecule has 110 valence electrons. The van der Waals surface area contributed by atoms with Gasteiger partial charge in [0.1, 0.15) is 0 Å². The highest BCUT2D eigenvalue weighted by Crippen LogP contribution is 2.42. The molecule has 2 aromatic carbocycles. The van der Waals surface area contributed by atoms with Crippen LogP contribution < -0.4 is 10.6 Å². The van der Waals surface area contributed by atoms with E-state index in [1.807, 2.05) is 24.3 Å². The van der Waals surface area contributed by atoms with Gasteiger partial charge in [0.15, 0.2) is 0 Å². The molecule has 0 saturated heterocycles. The maximum absolute atomic E-state index is 13.3. The van der Waals surface area contributed by atoms with Crippen LogP contribution in [-0.4, -0.2) is 6.54 Å². The molecule has 0 amide bonds. The fourth-order valence-electron chi connectivity index (χ4n) is 2.80. The molecule has 0 fully saturated rings. The zero-order chi connectivity index (χ0) is 15.0. The van der Waals surface area contributed by atoms with Crippen molar-refractivity contribution in [2.24, 2.45) is 0 Å². The minimum atomic E-state index is -4.42. The number of hydrogen-bond donors (Lipinski definition) is 1. The lowest BCUT2D eigenvalue weighted by atomic mass is 9.99. The van der Waals surface area contributed by atoms with Crippen LogP contribution in [0, 0.1) is 0 Å². The van der Waals surface area contributed by atoms with Gasteiger partial charge in [-0.15, -0.1) is 0 Å². The van der Waals surface area contributed by atoms with Crippen molar-refractivity contribution in [1.82, 2.24) is 0 Å². The van der Waals surface area contributed by atoms with Crippen molar-refractivity contribution < 1.29 is 13.2 Å². The van der Waals surface area contributed by atoms with Gasteiger partial charge in [-0.05, 0) is 42.7 Å². The average Bonchev–Trinajstić information content (AvgIpc) is 2.46. The van der Waals surface area contributed by atoms with Crippen LogP contribution in [0.3, 0.4) is 0 Å². The van der Waals surface area contributed by atoms with Crippen LogP contribution in [-0.2, 0) is 12.6 Å². The Hall–Kier alpha value is -2.17. The highest BCUT2D eigenvalue weighted by Gasteiger charge is 2.36. The second kappa shape index (κ2) is 4.98. The number of halogens is 3. The Morgan fingerprint density at radius 2 is 1.76 bits per heavy atom. The van der Waals surface area contributed by atoms with Crippen molar-refractivity contribution >= 4 is 17.1 Å². The van der Waals surface area contributed by atoms with E-state index in [9.17, 15) is 13.2 Å². The molecule has 0 radical (unpaired) electrons. The number of alkyl halides is 3. The van der Waals surface area contributed by atoms with Crippen molar-refractivity contribution in [3.05, 3.63) is 53.6 Å². The standard InChI is InChI=1S/C16H15F3N2/c17-16(18,19)13-10-12(20)7-8-15(13)21-9-3-5-11-4-1-2-6-14(11)21/h1-2,4,6-8,10H,3,5,9,20H2. The van der Waals surface area contributed by atoms with E-state index in [0.29, 0.717) is 6.54 Å². The summed E-state index contributed by atoms with van der Waals surface area (Å²) in [5, 5.41) is 0. The Morgan fingerprint density at radius 1 is 1.00 bits per heavy atom. The van der Waals surface area contributed by atoms with Gasteiger partial charge in [-0.3, -0.25) is 0 Å². The Bertz CT molecular complexity index is 665. The fraction of sp³-hybridized carbons (Fsp3) is 0.250. The molecule has 0 unspecified atom stereocenters.